The summed E-state index contributed by atoms with van der Waals surface area (Å²) in [7, 11) is 1.77. The fraction of sp³-hybridized carbons (Fsp3) is 0.385. The van der Waals surface area contributed by atoms with E-state index in [-0.39, 0.29) is 11.9 Å². The van der Waals surface area contributed by atoms with E-state index in [1.807, 2.05) is 32.0 Å². The van der Waals surface area contributed by atoms with Gasteiger partial charge in [-0.2, -0.15) is 0 Å². The van der Waals surface area contributed by atoms with E-state index in [2.05, 4.69) is 15.9 Å². The molecule has 1 rings (SSSR count). The van der Waals surface area contributed by atoms with Crippen LogP contribution in [0, 0.1) is 6.92 Å². The van der Waals surface area contributed by atoms with Crippen molar-refractivity contribution >= 4 is 39.0 Å². The van der Waals surface area contributed by atoms with Crippen molar-refractivity contribution in [1.82, 2.24) is 4.90 Å². The number of carbonyl (C=O) groups excluding carboxylic acids is 1. The number of hydrogen-bond donors (Lipinski definition) is 1. The molecule has 0 fully saturated rings. The lowest BCUT2D eigenvalue weighted by molar-refractivity contribution is 0.0747. The number of nitrogens with zero attached hydrogens (tertiary/aromatic N) is 1. The zero-order valence-corrected chi connectivity index (χ0v) is 13.1. The van der Waals surface area contributed by atoms with Crippen LogP contribution in [-0.4, -0.2) is 28.9 Å². The number of amides is 1. The molecule has 0 aliphatic rings. The summed E-state index contributed by atoms with van der Waals surface area (Å²) in [5.74, 6) is -0.0162. The molecule has 0 saturated heterocycles. The topological polar surface area (TPSA) is 46.3 Å². The van der Waals surface area contributed by atoms with Gasteiger partial charge in [0.1, 0.15) is 0 Å². The summed E-state index contributed by atoms with van der Waals surface area (Å²) in [4.78, 5) is 14.5. The molecule has 0 aromatic heterocycles. The average molecular weight is 329 g/mol. The van der Waals surface area contributed by atoms with Crippen molar-refractivity contribution in [3.05, 3.63) is 33.8 Å². The highest BCUT2D eigenvalue weighted by Crippen LogP contribution is 2.21. The fourth-order valence-corrected chi connectivity index (χ4v) is 2.26. The largest absolute Gasteiger partial charge is 0.393 e. The van der Waals surface area contributed by atoms with Gasteiger partial charge >= 0.3 is 0 Å². The second-order valence-corrected chi connectivity index (χ2v) is 5.73. The van der Waals surface area contributed by atoms with Crippen LogP contribution in [-0.2, 0) is 0 Å². The lowest BCUT2D eigenvalue weighted by Gasteiger charge is -2.25. The molecule has 1 aromatic carbocycles. The number of rotatable bonds is 4. The van der Waals surface area contributed by atoms with Crippen LogP contribution in [0.25, 0.3) is 0 Å². The minimum atomic E-state index is -0.0162. The molecule has 0 radical (unpaired) electrons. The van der Waals surface area contributed by atoms with Crippen LogP contribution in [0.15, 0.2) is 22.7 Å². The maximum Gasteiger partial charge on any atom is 0.254 e. The van der Waals surface area contributed by atoms with Gasteiger partial charge in [0, 0.05) is 29.5 Å². The van der Waals surface area contributed by atoms with Gasteiger partial charge in [-0.1, -0.05) is 34.2 Å². The van der Waals surface area contributed by atoms with Gasteiger partial charge in [-0.3, -0.25) is 4.79 Å². The predicted molar refractivity (Wildman–Crippen MR) is 81.8 cm³/mol. The molecule has 18 heavy (non-hydrogen) atoms. The van der Waals surface area contributed by atoms with Crippen molar-refractivity contribution in [2.75, 3.05) is 7.05 Å². The second kappa shape index (κ2) is 6.29. The van der Waals surface area contributed by atoms with E-state index in [0.717, 1.165) is 10.0 Å². The zero-order valence-electron chi connectivity index (χ0n) is 10.7. The lowest BCUT2D eigenvalue weighted by atomic mass is 10.1. The summed E-state index contributed by atoms with van der Waals surface area (Å²) in [6, 6.07) is 5.60. The Morgan fingerprint density at radius 3 is 2.72 bits per heavy atom. The van der Waals surface area contributed by atoms with Crippen LogP contribution in [0.1, 0.15) is 29.3 Å². The number of nitrogens with two attached hydrogens (primary N) is 1. The van der Waals surface area contributed by atoms with Gasteiger partial charge in [-0.25, -0.2) is 0 Å². The summed E-state index contributed by atoms with van der Waals surface area (Å²) in [6.07, 6.45) is 0.532. The van der Waals surface area contributed by atoms with E-state index in [4.69, 9.17) is 18.0 Å². The first kappa shape index (κ1) is 15.1. The molecule has 0 saturated carbocycles. The smallest absolute Gasteiger partial charge is 0.254 e. The van der Waals surface area contributed by atoms with Crippen molar-refractivity contribution in [1.29, 1.82) is 0 Å². The molecule has 1 aromatic rings. The highest BCUT2D eigenvalue weighted by molar-refractivity contribution is 9.10. The molecular weight excluding hydrogens is 312 g/mol. The maximum atomic E-state index is 12.4. The van der Waals surface area contributed by atoms with Gasteiger partial charge in [0.15, 0.2) is 0 Å². The highest BCUT2D eigenvalue weighted by Gasteiger charge is 2.20. The molecule has 1 atom stereocenters. The van der Waals surface area contributed by atoms with Gasteiger partial charge in [-0.15, -0.1) is 0 Å². The fourth-order valence-electron chi connectivity index (χ4n) is 1.66. The molecule has 0 bridgehead atoms. The number of hydrogen-bond acceptors (Lipinski definition) is 2. The van der Waals surface area contributed by atoms with Crippen molar-refractivity contribution in [2.45, 2.75) is 26.3 Å². The minimum absolute atomic E-state index is 0.00613. The first-order chi connectivity index (χ1) is 8.34. The number of benzene rings is 1. The Kier molecular flexibility index (Phi) is 5.28. The summed E-state index contributed by atoms with van der Waals surface area (Å²) >= 11 is 8.30. The monoisotopic (exact) mass is 328 g/mol. The number of carbonyl (C=O) groups is 1. The third kappa shape index (κ3) is 3.53. The Balaban J connectivity index is 2.93. The van der Waals surface area contributed by atoms with Crippen molar-refractivity contribution in [2.24, 2.45) is 5.73 Å². The second-order valence-electron chi connectivity index (χ2n) is 4.35. The summed E-state index contributed by atoms with van der Waals surface area (Å²) < 4.78 is 0.934. The van der Waals surface area contributed by atoms with Crippen LogP contribution in [0.5, 0.6) is 0 Å². The first-order valence-corrected chi connectivity index (χ1v) is 6.85. The zero-order chi connectivity index (χ0) is 13.9. The third-order valence-electron chi connectivity index (χ3n) is 2.98. The Labute approximate surface area is 121 Å². The molecule has 2 N–H and O–H groups in total. The molecule has 0 aliphatic carbocycles. The van der Waals surface area contributed by atoms with E-state index in [1.165, 1.54) is 0 Å². The predicted octanol–water partition coefficient (Wildman–Crippen LogP) is 2.89. The van der Waals surface area contributed by atoms with E-state index in [9.17, 15) is 4.79 Å². The normalized spacial score (nSPS) is 12.0. The van der Waals surface area contributed by atoms with Crippen molar-refractivity contribution < 1.29 is 4.79 Å². The Bertz CT molecular complexity index is 476. The molecule has 98 valence electrons. The molecule has 1 amide bonds. The van der Waals surface area contributed by atoms with Gasteiger partial charge in [0.05, 0.1) is 4.99 Å². The quantitative estimate of drug-likeness (QED) is 0.864. The molecule has 1 unspecified atom stereocenters. The van der Waals surface area contributed by atoms with Gasteiger partial charge in [-0.05, 0) is 31.5 Å². The van der Waals surface area contributed by atoms with E-state index in [1.54, 1.807) is 11.9 Å². The van der Waals surface area contributed by atoms with Crippen molar-refractivity contribution in [3.63, 3.8) is 0 Å². The average Bonchev–Trinajstić information content (AvgIpc) is 2.30. The Hall–Kier alpha value is -0.940. The Morgan fingerprint density at radius 1 is 1.56 bits per heavy atom. The van der Waals surface area contributed by atoms with Crippen LogP contribution in [0.3, 0.4) is 0 Å². The third-order valence-corrected chi connectivity index (χ3v) is 4.00. The maximum absolute atomic E-state index is 12.4. The molecular formula is C13H17BrN2OS. The van der Waals surface area contributed by atoms with Crippen LogP contribution in [0.2, 0.25) is 0 Å². The summed E-state index contributed by atoms with van der Waals surface area (Å²) in [6.45, 7) is 3.85. The van der Waals surface area contributed by atoms with Gasteiger partial charge in [0.2, 0.25) is 0 Å². The standard InChI is InChI=1S/C13H17BrN2OS/c1-8(7-12(15)18)16(3)13(17)10-5-4-6-11(14)9(10)2/h4-6,8H,7H2,1-3H3,(H2,15,18). The van der Waals surface area contributed by atoms with E-state index in [0.29, 0.717) is 17.0 Å². The molecule has 0 heterocycles. The first-order valence-electron chi connectivity index (χ1n) is 5.65. The van der Waals surface area contributed by atoms with Crippen LogP contribution >= 0.6 is 28.1 Å². The SMILES string of the molecule is Cc1c(Br)cccc1C(=O)N(C)C(C)CC(N)=S. The molecule has 5 heteroatoms. The number of thiocarbonyl (C=S) groups is 1. The lowest BCUT2D eigenvalue weighted by Crippen LogP contribution is -2.37. The van der Waals surface area contributed by atoms with Gasteiger partial charge < -0.3 is 10.6 Å². The summed E-state index contributed by atoms with van der Waals surface area (Å²) in [5.41, 5.74) is 7.15. The van der Waals surface area contributed by atoms with E-state index >= 15 is 0 Å². The van der Waals surface area contributed by atoms with E-state index < -0.39 is 0 Å². The summed E-state index contributed by atoms with van der Waals surface area (Å²) in [5, 5.41) is 0. The van der Waals surface area contributed by atoms with Crippen LogP contribution in [0.4, 0.5) is 0 Å². The highest BCUT2D eigenvalue weighted by atomic mass is 79.9. The Morgan fingerprint density at radius 2 is 2.17 bits per heavy atom. The molecule has 3 nitrogen and oxygen atoms in total. The molecule has 0 aliphatic heterocycles. The van der Waals surface area contributed by atoms with Crippen molar-refractivity contribution in [3.8, 4) is 0 Å². The number of halogens is 1. The minimum Gasteiger partial charge on any atom is -0.393 e. The van der Waals surface area contributed by atoms with Gasteiger partial charge in [0.25, 0.3) is 5.91 Å². The van der Waals surface area contributed by atoms with Crippen LogP contribution < -0.4 is 5.73 Å². The molecule has 0 spiro atoms.